The average Bonchev–Trinajstić information content (AvgIpc) is 3.09. The fourth-order valence-corrected chi connectivity index (χ4v) is 3.25. The van der Waals surface area contributed by atoms with E-state index in [0.29, 0.717) is 22.1 Å². The van der Waals surface area contributed by atoms with Gasteiger partial charge in [-0.05, 0) is 25.1 Å². The van der Waals surface area contributed by atoms with E-state index < -0.39 is 10.8 Å². The molecule has 0 fully saturated rings. The molecule has 0 saturated heterocycles. The number of hydrogen-bond acceptors (Lipinski definition) is 6. The second kappa shape index (κ2) is 7.32. The zero-order valence-electron chi connectivity index (χ0n) is 14.1. The van der Waals surface area contributed by atoms with Crippen molar-refractivity contribution in [3.05, 3.63) is 69.1 Å². The molecule has 132 valence electrons. The first kappa shape index (κ1) is 17.6. The van der Waals surface area contributed by atoms with Crippen LogP contribution in [0.2, 0.25) is 0 Å². The summed E-state index contributed by atoms with van der Waals surface area (Å²) in [6, 6.07) is 11.9. The Morgan fingerprint density at radius 2 is 2.00 bits per heavy atom. The maximum atomic E-state index is 12.5. The van der Waals surface area contributed by atoms with Gasteiger partial charge in [-0.2, -0.15) is 0 Å². The standard InChI is InChI=1S/C18H15N3O4S/c1-11-12(7-5-8-15(11)21(23)24)17(22)20-18-19-14(10-26-18)13-6-3-4-9-16(13)25-2/h3-10H,1-2H3,(H,19,20,22). The van der Waals surface area contributed by atoms with Crippen molar-refractivity contribution in [1.82, 2.24) is 4.98 Å². The Labute approximate surface area is 153 Å². The molecule has 3 aromatic rings. The Morgan fingerprint density at radius 1 is 1.23 bits per heavy atom. The summed E-state index contributed by atoms with van der Waals surface area (Å²) < 4.78 is 5.32. The molecule has 0 radical (unpaired) electrons. The first-order chi connectivity index (χ1) is 12.5. The topological polar surface area (TPSA) is 94.4 Å². The molecule has 2 aromatic carbocycles. The number of nitro groups is 1. The predicted molar refractivity (Wildman–Crippen MR) is 99.9 cm³/mol. The minimum absolute atomic E-state index is 0.0912. The van der Waals surface area contributed by atoms with Gasteiger partial charge >= 0.3 is 0 Å². The highest BCUT2D eigenvalue weighted by Gasteiger charge is 2.19. The molecule has 1 aromatic heterocycles. The highest BCUT2D eigenvalue weighted by molar-refractivity contribution is 7.14. The van der Waals surface area contributed by atoms with Gasteiger partial charge in [-0.25, -0.2) is 4.98 Å². The second-order valence-corrected chi connectivity index (χ2v) is 6.26. The minimum atomic E-state index is -0.505. The van der Waals surface area contributed by atoms with Crippen LogP contribution in [0.15, 0.2) is 47.8 Å². The maximum Gasteiger partial charge on any atom is 0.273 e. The molecule has 0 aliphatic carbocycles. The third-order valence-electron chi connectivity index (χ3n) is 3.85. The minimum Gasteiger partial charge on any atom is -0.496 e. The van der Waals surface area contributed by atoms with Crippen molar-refractivity contribution in [3.8, 4) is 17.0 Å². The molecule has 1 heterocycles. The van der Waals surface area contributed by atoms with Crippen molar-refractivity contribution in [2.24, 2.45) is 0 Å². The lowest BCUT2D eigenvalue weighted by atomic mass is 10.1. The molecule has 0 atom stereocenters. The maximum absolute atomic E-state index is 12.5. The SMILES string of the molecule is COc1ccccc1-c1csc(NC(=O)c2cccc([N+](=O)[O-])c2C)n1. The number of nitro benzene ring substituents is 1. The van der Waals surface area contributed by atoms with Gasteiger partial charge in [-0.1, -0.05) is 18.2 Å². The molecule has 7 nitrogen and oxygen atoms in total. The molecule has 3 rings (SSSR count). The molecule has 0 spiro atoms. The van der Waals surface area contributed by atoms with Crippen LogP contribution in [0.3, 0.4) is 0 Å². The Hall–Kier alpha value is -3.26. The Balaban J connectivity index is 1.85. The number of hydrogen-bond donors (Lipinski definition) is 1. The van der Waals surface area contributed by atoms with Gasteiger partial charge in [0, 0.05) is 28.1 Å². The summed E-state index contributed by atoms with van der Waals surface area (Å²) in [7, 11) is 1.58. The van der Waals surface area contributed by atoms with Gasteiger partial charge in [-0.3, -0.25) is 20.2 Å². The van der Waals surface area contributed by atoms with Crippen molar-refractivity contribution in [1.29, 1.82) is 0 Å². The Kier molecular flexibility index (Phi) is 4.94. The molecule has 1 amide bonds. The van der Waals surface area contributed by atoms with E-state index in [4.69, 9.17) is 4.74 Å². The first-order valence-corrected chi connectivity index (χ1v) is 8.53. The van der Waals surface area contributed by atoms with E-state index in [1.165, 1.54) is 23.5 Å². The second-order valence-electron chi connectivity index (χ2n) is 5.40. The molecule has 0 aliphatic rings. The number of carbonyl (C=O) groups is 1. The number of aromatic nitrogens is 1. The molecule has 8 heteroatoms. The van der Waals surface area contributed by atoms with Gasteiger partial charge in [-0.15, -0.1) is 11.3 Å². The van der Waals surface area contributed by atoms with E-state index in [-0.39, 0.29) is 11.3 Å². The van der Waals surface area contributed by atoms with Gasteiger partial charge in [0.05, 0.1) is 17.7 Å². The van der Waals surface area contributed by atoms with Crippen molar-refractivity contribution in [2.75, 3.05) is 12.4 Å². The van der Waals surface area contributed by atoms with E-state index in [1.807, 2.05) is 29.6 Å². The summed E-state index contributed by atoms with van der Waals surface area (Å²) in [5.41, 5.74) is 1.97. The van der Waals surface area contributed by atoms with Gasteiger partial charge in [0.15, 0.2) is 5.13 Å². The van der Waals surface area contributed by atoms with Gasteiger partial charge in [0.2, 0.25) is 0 Å². The molecule has 0 aliphatic heterocycles. The van der Waals surface area contributed by atoms with E-state index >= 15 is 0 Å². The number of ether oxygens (including phenoxy) is 1. The third kappa shape index (κ3) is 3.40. The largest absolute Gasteiger partial charge is 0.496 e. The average molecular weight is 369 g/mol. The van der Waals surface area contributed by atoms with Crippen molar-refractivity contribution < 1.29 is 14.5 Å². The van der Waals surface area contributed by atoms with Gasteiger partial charge in [0.1, 0.15) is 5.75 Å². The van der Waals surface area contributed by atoms with Crippen molar-refractivity contribution in [2.45, 2.75) is 6.92 Å². The molecular formula is C18H15N3O4S. The van der Waals surface area contributed by atoms with E-state index in [9.17, 15) is 14.9 Å². The van der Waals surface area contributed by atoms with E-state index in [1.54, 1.807) is 20.1 Å². The summed E-state index contributed by atoms with van der Waals surface area (Å²) in [4.78, 5) is 27.4. The highest BCUT2D eigenvalue weighted by Crippen LogP contribution is 2.32. The zero-order chi connectivity index (χ0) is 18.7. The number of anilines is 1. The van der Waals surface area contributed by atoms with Crippen LogP contribution in [0.5, 0.6) is 5.75 Å². The Bertz CT molecular complexity index is 984. The van der Waals surface area contributed by atoms with Crippen LogP contribution in [-0.4, -0.2) is 22.9 Å². The van der Waals surface area contributed by atoms with E-state index in [2.05, 4.69) is 10.3 Å². The quantitative estimate of drug-likeness (QED) is 0.535. The molecule has 1 N–H and O–H groups in total. The van der Waals surface area contributed by atoms with Crippen LogP contribution in [0.4, 0.5) is 10.8 Å². The summed E-state index contributed by atoms with van der Waals surface area (Å²) in [5.74, 6) is 0.248. The molecule has 0 bridgehead atoms. The van der Waals surface area contributed by atoms with Crippen LogP contribution in [0.1, 0.15) is 15.9 Å². The lowest BCUT2D eigenvalue weighted by Gasteiger charge is -2.06. The highest BCUT2D eigenvalue weighted by atomic mass is 32.1. The number of benzene rings is 2. The summed E-state index contributed by atoms with van der Waals surface area (Å²) in [6.07, 6.45) is 0. The lowest BCUT2D eigenvalue weighted by Crippen LogP contribution is -2.14. The fraction of sp³-hybridized carbons (Fsp3) is 0.111. The van der Waals surface area contributed by atoms with Crippen LogP contribution < -0.4 is 10.1 Å². The number of nitrogens with one attached hydrogen (secondary N) is 1. The monoisotopic (exact) mass is 369 g/mol. The fourth-order valence-electron chi connectivity index (χ4n) is 2.54. The molecule has 26 heavy (non-hydrogen) atoms. The smallest absolute Gasteiger partial charge is 0.273 e. The van der Waals surface area contributed by atoms with E-state index in [0.717, 1.165) is 5.56 Å². The number of nitrogens with zero attached hydrogens (tertiary/aromatic N) is 2. The van der Waals surface area contributed by atoms with Gasteiger partial charge in [0.25, 0.3) is 11.6 Å². The van der Waals surface area contributed by atoms with Crippen LogP contribution in [0.25, 0.3) is 11.3 Å². The number of amides is 1. The summed E-state index contributed by atoms with van der Waals surface area (Å²) in [6.45, 7) is 1.55. The molecule has 0 unspecified atom stereocenters. The molecular weight excluding hydrogens is 354 g/mol. The Morgan fingerprint density at radius 3 is 2.73 bits per heavy atom. The third-order valence-corrected chi connectivity index (χ3v) is 4.61. The zero-order valence-corrected chi connectivity index (χ0v) is 14.9. The van der Waals surface area contributed by atoms with Gasteiger partial charge < -0.3 is 4.74 Å². The van der Waals surface area contributed by atoms with Crippen LogP contribution >= 0.6 is 11.3 Å². The first-order valence-electron chi connectivity index (χ1n) is 7.65. The number of methoxy groups -OCH3 is 1. The normalized spacial score (nSPS) is 10.4. The summed E-state index contributed by atoms with van der Waals surface area (Å²) >= 11 is 1.27. The van der Waals surface area contributed by atoms with Crippen LogP contribution in [0, 0.1) is 17.0 Å². The number of carbonyl (C=O) groups excluding carboxylic acids is 1. The predicted octanol–water partition coefficient (Wildman–Crippen LogP) is 4.29. The number of rotatable bonds is 5. The molecule has 0 saturated carbocycles. The van der Waals surface area contributed by atoms with Crippen LogP contribution in [-0.2, 0) is 0 Å². The van der Waals surface area contributed by atoms with Crippen molar-refractivity contribution >= 4 is 28.1 Å². The summed E-state index contributed by atoms with van der Waals surface area (Å²) in [5, 5.41) is 15.9. The van der Waals surface area contributed by atoms with Crippen molar-refractivity contribution in [3.63, 3.8) is 0 Å². The lowest BCUT2D eigenvalue weighted by molar-refractivity contribution is -0.385. The number of para-hydroxylation sites is 1. The number of thiazole rings is 1.